The zero-order chi connectivity index (χ0) is 24.3. The molecule has 0 bridgehead atoms. The molecule has 0 spiro atoms. The Kier molecular flexibility index (Phi) is 6.27. The summed E-state index contributed by atoms with van der Waals surface area (Å²) in [5, 5.41) is 21.3. The Morgan fingerprint density at radius 3 is 2.47 bits per heavy atom. The predicted octanol–water partition coefficient (Wildman–Crippen LogP) is 3.72. The van der Waals surface area contributed by atoms with Crippen LogP contribution in [0.5, 0.6) is 11.5 Å². The molecule has 1 aliphatic heterocycles. The highest BCUT2D eigenvalue weighted by Gasteiger charge is 2.69. The molecule has 2 heterocycles. The Balaban J connectivity index is 0.000000499. The van der Waals surface area contributed by atoms with Gasteiger partial charge < -0.3 is 19.5 Å². The van der Waals surface area contributed by atoms with Crippen molar-refractivity contribution in [3.63, 3.8) is 0 Å². The minimum atomic E-state index is -1.29. The van der Waals surface area contributed by atoms with Crippen molar-refractivity contribution in [3.8, 4) is 17.6 Å². The van der Waals surface area contributed by atoms with E-state index in [4.69, 9.17) is 9.47 Å². The molecule has 1 saturated carbocycles. The number of hydrogen-bond donors (Lipinski definition) is 1. The van der Waals surface area contributed by atoms with Gasteiger partial charge in [0.1, 0.15) is 23.3 Å². The third kappa shape index (κ3) is 3.66. The van der Waals surface area contributed by atoms with Crippen molar-refractivity contribution in [1.29, 1.82) is 5.26 Å². The second-order valence-corrected chi connectivity index (χ2v) is 8.68. The van der Waals surface area contributed by atoms with Crippen LogP contribution in [0.1, 0.15) is 41.1 Å². The van der Waals surface area contributed by atoms with Crippen molar-refractivity contribution in [2.45, 2.75) is 30.0 Å². The SMILES string of the molecule is CN(C)C=O.COc1ccc(C23Oc4cc(C#N)cnc4C2(O)CCC3c2ccccc2)cc1. The minimum Gasteiger partial charge on any atom is -0.497 e. The molecule has 5 rings (SSSR count). The van der Waals surface area contributed by atoms with Crippen LogP contribution in [-0.2, 0) is 16.0 Å². The van der Waals surface area contributed by atoms with Crippen LogP contribution in [0.2, 0.25) is 0 Å². The van der Waals surface area contributed by atoms with Crippen molar-refractivity contribution in [2.24, 2.45) is 0 Å². The number of aliphatic hydroxyl groups is 1. The number of fused-ring (bicyclic) bond motifs is 3. The van der Waals surface area contributed by atoms with E-state index < -0.39 is 11.2 Å². The van der Waals surface area contributed by atoms with Crippen LogP contribution >= 0.6 is 0 Å². The predicted molar refractivity (Wildman–Crippen MR) is 126 cm³/mol. The number of benzene rings is 2. The average Bonchev–Trinajstić information content (AvgIpc) is 3.31. The van der Waals surface area contributed by atoms with E-state index in [9.17, 15) is 15.2 Å². The first-order valence-electron chi connectivity index (χ1n) is 11.0. The van der Waals surface area contributed by atoms with Crippen molar-refractivity contribution in [3.05, 3.63) is 89.2 Å². The number of amides is 1. The molecule has 1 aromatic heterocycles. The number of hydrogen-bond acceptors (Lipinski definition) is 6. The summed E-state index contributed by atoms with van der Waals surface area (Å²) >= 11 is 0. The summed E-state index contributed by atoms with van der Waals surface area (Å²) < 4.78 is 11.9. The van der Waals surface area contributed by atoms with Gasteiger partial charge in [0.25, 0.3) is 0 Å². The highest BCUT2D eigenvalue weighted by atomic mass is 16.5. The van der Waals surface area contributed by atoms with E-state index in [1.807, 2.05) is 42.5 Å². The van der Waals surface area contributed by atoms with E-state index in [1.54, 1.807) is 27.3 Å². The number of aromatic nitrogens is 1. The van der Waals surface area contributed by atoms with Crippen molar-refractivity contribution in [1.82, 2.24) is 9.88 Å². The molecule has 174 valence electrons. The Morgan fingerprint density at radius 1 is 1.21 bits per heavy atom. The molecule has 3 aromatic rings. The molecule has 0 radical (unpaired) electrons. The summed E-state index contributed by atoms with van der Waals surface area (Å²) in [6, 6.07) is 21.6. The second-order valence-electron chi connectivity index (χ2n) is 8.68. The van der Waals surface area contributed by atoms with Gasteiger partial charge in [-0.25, -0.2) is 0 Å². The monoisotopic (exact) mass is 457 g/mol. The maximum absolute atomic E-state index is 12.0. The minimum absolute atomic E-state index is 0.0677. The molecule has 1 fully saturated rings. The number of nitrogens with zero attached hydrogens (tertiary/aromatic N) is 3. The molecule has 1 amide bonds. The molecule has 2 aromatic carbocycles. The van der Waals surface area contributed by atoms with E-state index in [0.717, 1.165) is 29.7 Å². The van der Waals surface area contributed by atoms with E-state index in [1.165, 1.54) is 11.1 Å². The van der Waals surface area contributed by atoms with Gasteiger partial charge in [0.15, 0.2) is 11.2 Å². The molecule has 7 nitrogen and oxygen atoms in total. The summed E-state index contributed by atoms with van der Waals surface area (Å²) in [5.74, 6) is 1.15. The third-order valence-corrected chi connectivity index (χ3v) is 6.48. The summed E-state index contributed by atoms with van der Waals surface area (Å²) in [7, 11) is 5.00. The average molecular weight is 458 g/mol. The van der Waals surface area contributed by atoms with Crippen LogP contribution < -0.4 is 9.47 Å². The maximum Gasteiger partial charge on any atom is 0.209 e. The number of rotatable bonds is 4. The fourth-order valence-electron chi connectivity index (χ4n) is 4.97. The highest BCUT2D eigenvalue weighted by Crippen LogP contribution is 2.66. The fraction of sp³-hybridized carbons (Fsp3) is 0.296. The van der Waals surface area contributed by atoms with Crippen molar-refractivity contribution >= 4 is 6.41 Å². The molecule has 7 heteroatoms. The summed E-state index contributed by atoms with van der Waals surface area (Å²) in [6.07, 6.45) is 3.53. The number of nitriles is 1. The zero-order valence-electron chi connectivity index (χ0n) is 19.4. The quantitative estimate of drug-likeness (QED) is 0.600. The molecule has 0 saturated heterocycles. The van der Waals surface area contributed by atoms with Gasteiger partial charge in [-0.2, -0.15) is 5.26 Å². The van der Waals surface area contributed by atoms with Crippen LogP contribution in [0, 0.1) is 11.3 Å². The molecule has 1 aliphatic carbocycles. The molecule has 1 N–H and O–H groups in total. The van der Waals surface area contributed by atoms with Crippen molar-refractivity contribution in [2.75, 3.05) is 21.2 Å². The fourth-order valence-corrected chi connectivity index (χ4v) is 4.97. The summed E-state index contributed by atoms with van der Waals surface area (Å²) in [4.78, 5) is 15.3. The van der Waals surface area contributed by atoms with E-state index in [2.05, 4.69) is 23.2 Å². The third-order valence-electron chi connectivity index (χ3n) is 6.48. The van der Waals surface area contributed by atoms with E-state index in [0.29, 0.717) is 23.4 Å². The number of pyridine rings is 1. The van der Waals surface area contributed by atoms with Gasteiger partial charge in [-0.3, -0.25) is 9.78 Å². The van der Waals surface area contributed by atoms with Crippen molar-refractivity contribution < 1.29 is 19.4 Å². The lowest BCUT2D eigenvalue weighted by Crippen LogP contribution is -2.48. The van der Waals surface area contributed by atoms with Gasteiger partial charge in [-0.1, -0.05) is 42.5 Å². The van der Waals surface area contributed by atoms with E-state index >= 15 is 0 Å². The van der Waals surface area contributed by atoms with E-state index in [-0.39, 0.29) is 5.92 Å². The van der Waals surface area contributed by atoms with Gasteiger partial charge in [0, 0.05) is 32.3 Å². The molecule has 2 aliphatic rings. The lowest BCUT2D eigenvalue weighted by molar-refractivity contribution is -0.115. The zero-order valence-corrected chi connectivity index (χ0v) is 19.4. The maximum atomic E-state index is 12.0. The van der Waals surface area contributed by atoms with Crippen LogP contribution in [-0.4, -0.2) is 42.6 Å². The largest absolute Gasteiger partial charge is 0.497 e. The molecular formula is C27H27N3O4. The molecular weight excluding hydrogens is 430 g/mol. The second kappa shape index (κ2) is 9.16. The van der Waals surface area contributed by atoms with Crippen LogP contribution in [0.4, 0.5) is 0 Å². The first kappa shape index (κ1) is 23.3. The van der Waals surface area contributed by atoms with Gasteiger partial charge >= 0.3 is 0 Å². The smallest absolute Gasteiger partial charge is 0.209 e. The lowest BCUT2D eigenvalue weighted by Gasteiger charge is -2.39. The van der Waals surface area contributed by atoms with Gasteiger partial charge in [-0.15, -0.1) is 0 Å². The molecule has 34 heavy (non-hydrogen) atoms. The summed E-state index contributed by atoms with van der Waals surface area (Å²) in [5.41, 5.74) is 0.575. The van der Waals surface area contributed by atoms with Crippen LogP contribution in [0.15, 0.2) is 66.9 Å². The Hall–Kier alpha value is -3.89. The Morgan fingerprint density at radius 2 is 1.88 bits per heavy atom. The number of methoxy groups -OCH3 is 1. The highest BCUT2D eigenvalue weighted by molar-refractivity contribution is 5.53. The number of ether oxygens (including phenoxy) is 2. The number of carbonyl (C=O) groups is 1. The topological polar surface area (TPSA) is 95.7 Å². The molecule has 3 unspecified atom stereocenters. The van der Waals surface area contributed by atoms with Gasteiger partial charge in [0.2, 0.25) is 6.41 Å². The lowest BCUT2D eigenvalue weighted by atomic mass is 9.73. The van der Waals surface area contributed by atoms with Crippen LogP contribution in [0.25, 0.3) is 0 Å². The van der Waals surface area contributed by atoms with Gasteiger partial charge in [-0.05, 0) is 36.1 Å². The van der Waals surface area contributed by atoms with Crippen LogP contribution in [0.3, 0.4) is 0 Å². The summed E-state index contributed by atoms with van der Waals surface area (Å²) in [6.45, 7) is 0. The standard InChI is InChI=1S/C24H20N2O3.C3H7NO/c1-28-19-9-7-18(8-10-19)24-20(17-5-3-2-4-6-17)11-12-23(24,27)22-21(29-24)13-16(14-25)15-26-22;1-4(2)3-5/h2-10,13,15,20,27H,11-12H2,1H3;3H,1-2H3. The van der Waals surface area contributed by atoms with Gasteiger partial charge in [0.05, 0.1) is 12.7 Å². The Labute approximate surface area is 199 Å². The number of carbonyl (C=O) groups excluding carboxylic acids is 1. The molecule has 3 atom stereocenters. The normalized spacial score (nSPS) is 23.9. The first-order chi connectivity index (χ1) is 16.4. The Bertz CT molecular complexity index is 1210. The first-order valence-corrected chi connectivity index (χ1v) is 11.0.